The van der Waals surface area contributed by atoms with E-state index in [1.54, 1.807) is 11.8 Å². The van der Waals surface area contributed by atoms with Crippen LogP contribution in [0.15, 0.2) is 29.2 Å². The van der Waals surface area contributed by atoms with Crippen molar-refractivity contribution < 1.29 is 9.90 Å². The van der Waals surface area contributed by atoms with E-state index in [0.717, 1.165) is 36.5 Å². The SMILES string of the molecule is CC[C@@H]1CN(C(=O)c2ccc(SCCO)cc2)CCN1C(C)C. The quantitative estimate of drug-likeness (QED) is 0.811. The van der Waals surface area contributed by atoms with Crippen LogP contribution in [0.4, 0.5) is 0 Å². The van der Waals surface area contributed by atoms with Gasteiger partial charge in [-0.05, 0) is 44.5 Å². The average molecular weight is 337 g/mol. The number of nitrogens with zero attached hydrogens (tertiary/aromatic N) is 2. The Morgan fingerprint density at radius 1 is 1.30 bits per heavy atom. The highest BCUT2D eigenvalue weighted by molar-refractivity contribution is 7.99. The summed E-state index contributed by atoms with van der Waals surface area (Å²) in [5.41, 5.74) is 0.756. The number of benzene rings is 1. The number of aliphatic hydroxyl groups is 1. The van der Waals surface area contributed by atoms with Gasteiger partial charge in [0.05, 0.1) is 6.61 Å². The smallest absolute Gasteiger partial charge is 0.253 e. The molecule has 5 heteroatoms. The molecule has 0 aliphatic carbocycles. The molecular formula is C18H28N2O2S. The zero-order chi connectivity index (χ0) is 16.8. The predicted octanol–water partition coefficient (Wildman–Crippen LogP) is 2.72. The van der Waals surface area contributed by atoms with Crippen LogP contribution in [-0.4, -0.2) is 64.9 Å². The molecule has 0 unspecified atom stereocenters. The van der Waals surface area contributed by atoms with E-state index < -0.39 is 0 Å². The van der Waals surface area contributed by atoms with Crippen molar-refractivity contribution >= 4 is 17.7 Å². The van der Waals surface area contributed by atoms with Gasteiger partial charge in [-0.25, -0.2) is 0 Å². The third-order valence-electron chi connectivity index (χ3n) is 4.41. The molecule has 0 saturated carbocycles. The molecule has 4 nitrogen and oxygen atoms in total. The summed E-state index contributed by atoms with van der Waals surface area (Å²) >= 11 is 1.60. The molecule has 0 radical (unpaired) electrons. The van der Waals surface area contributed by atoms with Gasteiger partial charge in [-0.15, -0.1) is 11.8 Å². The highest BCUT2D eigenvalue weighted by Gasteiger charge is 2.30. The molecule has 0 aromatic heterocycles. The fraction of sp³-hybridized carbons (Fsp3) is 0.611. The van der Waals surface area contributed by atoms with Gasteiger partial charge in [0.25, 0.3) is 5.91 Å². The van der Waals surface area contributed by atoms with Crippen molar-refractivity contribution in [2.24, 2.45) is 0 Å². The van der Waals surface area contributed by atoms with Crippen molar-refractivity contribution in [3.63, 3.8) is 0 Å². The first-order chi connectivity index (χ1) is 11.1. The molecule has 128 valence electrons. The first kappa shape index (κ1) is 18.3. The average Bonchev–Trinajstić information content (AvgIpc) is 2.59. The predicted molar refractivity (Wildman–Crippen MR) is 96.1 cm³/mol. The van der Waals surface area contributed by atoms with Gasteiger partial charge in [-0.3, -0.25) is 9.69 Å². The number of hydrogen-bond donors (Lipinski definition) is 1. The Kier molecular flexibility index (Phi) is 6.93. The van der Waals surface area contributed by atoms with Crippen molar-refractivity contribution in [3.05, 3.63) is 29.8 Å². The number of amides is 1. The molecule has 1 saturated heterocycles. The highest BCUT2D eigenvalue weighted by atomic mass is 32.2. The Bertz CT molecular complexity index is 504. The van der Waals surface area contributed by atoms with E-state index in [0.29, 0.717) is 17.8 Å². The topological polar surface area (TPSA) is 43.8 Å². The minimum atomic E-state index is 0.130. The lowest BCUT2D eigenvalue weighted by Gasteiger charge is -2.43. The molecule has 1 aliphatic rings. The molecule has 0 bridgehead atoms. The molecule has 1 aromatic carbocycles. The second-order valence-electron chi connectivity index (χ2n) is 6.24. The summed E-state index contributed by atoms with van der Waals surface area (Å²) in [4.78, 5) is 18.3. The van der Waals surface area contributed by atoms with Crippen LogP contribution in [0.5, 0.6) is 0 Å². The Hall–Kier alpha value is -1.04. The maximum Gasteiger partial charge on any atom is 0.253 e. The maximum atomic E-state index is 12.7. The molecule has 1 atom stereocenters. The van der Waals surface area contributed by atoms with Gasteiger partial charge in [-0.1, -0.05) is 6.92 Å². The third-order valence-corrected chi connectivity index (χ3v) is 5.40. The standard InChI is InChI=1S/C18H28N2O2S/c1-4-16-13-19(9-10-20(16)14(2)3)18(22)15-5-7-17(8-6-15)23-12-11-21/h5-8,14,16,21H,4,9-13H2,1-3H3/t16-/m1/s1. The number of aliphatic hydroxyl groups excluding tert-OH is 1. The third kappa shape index (κ3) is 4.72. The van der Waals surface area contributed by atoms with Crippen LogP contribution in [0, 0.1) is 0 Å². The van der Waals surface area contributed by atoms with Crippen LogP contribution in [0.3, 0.4) is 0 Å². The second kappa shape index (κ2) is 8.71. The van der Waals surface area contributed by atoms with E-state index in [4.69, 9.17) is 5.11 Å². The summed E-state index contributed by atoms with van der Waals surface area (Å²) in [6, 6.07) is 8.72. The molecule has 1 N–H and O–H groups in total. The van der Waals surface area contributed by atoms with Crippen LogP contribution >= 0.6 is 11.8 Å². The van der Waals surface area contributed by atoms with E-state index in [9.17, 15) is 4.79 Å². The molecule has 1 fully saturated rings. The van der Waals surface area contributed by atoms with Crippen molar-refractivity contribution in [3.8, 4) is 0 Å². The van der Waals surface area contributed by atoms with Gasteiger partial charge in [0.1, 0.15) is 0 Å². The molecule has 23 heavy (non-hydrogen) atoms. The van der Waals surface area contributed by atoms with Crippen LogP contribution < -0.4 is 0 Å². The lowest BCUT2D eigenvalue weighted by Crippen LogP contribution is -2.56. The summed E-state index contributed by atoms with van der Waals surface area (Å²) in [5, 5.41) is 8.86. The minimum Gasteiger partial charge on any atom is -0.396 e. The minimum absolute atomic E-state index is 0.130. The molecule has 2 rings (SSSR count). The number of carbonyl (C=O) groups is 1. The number of hydrogen-bond acceptors (Lipinski definition) is 4. The van der Waals surface area contributed by atoms with Gasteiger partial charge < -0.3 is 10.0 Å². The Labute approximate surface area is 143 Å². The fourth-order valence-corrected chi connectivity index (χ4v) is 3.79. The second-order valence-corrected chi connectivity index (χ2v) is 7.41. The molecule has 1 amide bonds. The first-order valence-electron chi connectivity index (χ1n) is 8.45. The lowest BCUT2D eigenvalue weighted by molar-refractivity contribution is 0.0371. The fourth-order valence-electron chi connectivity index (χ4n) is 3.14. The zero-order valence-corrected chi connectivity index (χ0v) is 15.2. The summed E-state index contributed by atoms with van der Waals surface area (Å²) in [5.74, 6) is 0.813. The zero-order valence-electron chi connectivity index (χ0n) is 14.4. The Morgan fingerprint density at radius 2 is 2.00 bits per heavy atom. The first-order valence-corrected chi connectivity index (χ1v) is 9.44. The molecule has 1 aliphatic heterocycles. The van der Waals surface area contributed by atoms with Gasteiger partial charge >= 0.3 is 0 Å². The van der Waals surface area contributed by atoms with Gasteiger partial charge in [0, 0.05) is 47.9 Å². The van der Waals surface area contributed by atoms with Crippen LogP contribution in [-0.2, 0) is 0 Å². The Balaban J connectivity index is 2.00. The van der Waals surface area contributed by atoms with Gasteiger partial charge in [0.2, 0.25) is 0 Å². The lowest BCUT2D eigenvalue weighted by atomic mass is 10.1. The van der Waals surface area contributed by atoms with E-state index in [1.807, 2.05) is 29.2 Å². The Morgan fingerprint density at radius 3 is 2.57 bits per heavy atom. The normalized spacial score (nSPS) is 19.3. The molecule has 1 heterocycles. The largest absolute Gasteiger partial charge is 0.396 e. The molecule has 0 spiro atoms. The van der Waals surface area contributed by atoms with Gasteiger partial charge in [0.15, 0.2) is 0 Å². The van der Waals surface area contributed by atoms with Crippen molar-refractivity contribution in [2.75, 3.05) is 32.0 Å². The number of carbonyl (C=O) groups excluding carboxylic acids is 1. The summed E-state index contributed by atoms with van der Waals surface area (Å²) in [6.07, 6.45) is 1.07. The number of rotatable bonds is 6. The summed E-state index contributed by atoms with van der Waals surface area (Å²) in [6.45, 7) is 9.38. The molecule has 1 aromatic rings. The van der Waals surface area contributed by atoms with Crippen LogP contribution in [0.1, 0.15) is 37.6 Å². The van der Waals surface area contributed by atoms with Gasteiger partial charge in [-0.2, -0.15) is 0 Å². The van der Waals surface area contributed by atoms with E-state index in [2.05, 4.69) is 25.7 Å². The van der Waals surface area contributed by atoms with Crippen LogP contribution in [0.25, 0.3) is 0 Å². The number of thioether (sulfide) groups is 1. The van der Waals surface area contributed by atoms with Crippen molar-refractivity contribution in [1.29, 1.82) is 0 Å². The summed E-state index contributed by atoms with van der Waals surface area (Å²) in [7, 11) is 0. The maximum absolute atomic E-state index is 12.7. The van der Waals surface area contributed by atoms with E-state index in [1.165, 1.54) is 0 Å². The van der Waals surface area contributed by atoms with E-state index in [-0.39, 0.29) is 12.5 Å². The number of piperazine rings is 1. The van der Waals surface area contributed by atoms with Crippen molar-refractivity contribution in [1.82, 2.24) is 9.80 Å². The van der Waals surface area contributed by atoms with Crippen LogP contribution in [0.2, 0.25) is 0 Å². The molecular weight excluding hydrogens is 308 g/mol. The monoisotopic (exact) mass is 336 g/mol. The van der Waals surface area contributed by atoms with Crippen molar-refractivity contribution in [2.45, 2.75) is 44.2 Å². The van der Waals surface area contributed by atoms with E-state index >= 15 is 0 Å². The summed E-state index contributed by atoms with van der Waals surface area (Å²) < 4.78 is 0. The highest BCUT2D eigenvalue weighted by Crippen LogP contribution is 2.21.